The Kier molecular flexibility index (Phi) is 4.74. The lowest BCUT2D eigenvalue weighted by Gasteiger charge is -2.08. The van der Waals surface area contributed by atoms with E-state index in [9.17, 15) is 14.0 Å². The normalized spacial score (nSPS) is 10.8. The molecule has 0 unspecified atom stereocenters. The predicted octanol–water partition coefficient (Wildman–Crippen LogP) is 2.64. The van der Waals surface area contributed by atoms with Crippen LogP contribution in [0.25, 0.3) is 22.2 Å². The third kappa shape index (κ3) is 3.96. The first-order chi connectivity index (χ1) is 14.0. The molecule has 4 N–H and O–H groups in total. The van der Waals surface area contributed by atoms with Crippen LogP contribution in [0.2, 0.25) is 0 Å². The molecule has 0 bridgehead atoms. The molecule has 29 heavy (non-hydrogen) atoms. The molecule has 7 nitrogen and oxygen atoms in total. The zero-order valence-corrected chi connectivity index (χ0v) is 15.1. The number of nitrogen functional groups attached to an aromatic ring is 1. The number of hydrogen-bond donors (Lipinski definition) is 3. The largest absolute Gasteiger partial charge is 0.382 e. The van der Waals surface area contributed by atoms with Crippen LogP contribution < -0.4 is 16.6 Å². The molecule has 8 heteroatoms. The topological polar surface area (TPSA) is 114 Å². The lowest BCUT2D eigenvalue weighted by Crippen LogP contribution is -2.26. The van der Waals surface area contributed by atoms with Crippen molar-refractivity contribution in [3.63, 3.8) is 0 Å². The van der Waals surface area contributed by atoms with E-state index in [1.54, 1.807) is 42.6 Å². The van der Waals surface area contributed by atoms with Gasteiger partial charge >= 0.3 is 0 Å². The van der Waals surface area contributed by atoms with Crippen LogP contribution in [0.4, 0.5) is 10.2 Å². The molecular weight excluding hydrogens is 373 g/mol. The number of aromatic nitrogens is 3. The number of anilines is 1. The Labute approximate surface area is 164 Å². The second-order valence-corrected chi connectivity index (χ2v) is 6.45. The van der Waals surface area contributed by atoms with Crippen molar-refractivity contribution < 1.29 is 9.18 Å². The summed E-state index contributed by atoms with van der Waals surface area (Å²) in [4.78, 5) is 35.6. The van der Waals surface area contributed by atoms with Crippen molar-refractivity contribution in [3.8, 4) is 11.3 Å². The number of amides is 1. The summed E-state index contributed by atoms with van der Waals surface area (Å²) < 4.78 is 13.3. The first kappa shape index (κ1) is 18.3. The highest BCUT2D eigenvalue weighted by Gasteiger charge is 2.10. The molecule has 2 aromatic heterocycles. The van der Waals surface area contributed by atoms with E-state index < -0.39 is 5.82 Å². The Morgan fingerprint density at radius 1 is 1.14 bits per heavy atom. The van der Waals surface area contributed by atoms with Crippen LogP contribution >= 0.6 is 0 Å². The average molecular weight is 389 g/mol. The van der Waals surface area contributed by atoms with Gasteiger partial charge in [0.25, 0.3) is 11.5 Å². The smallest absolute Gasteiger partial charge is 0.253 e. The van der Waals surface area contributed by atoms with Gasteiger partial charge in [0.05, 0.1) is 23.6 Å². The highest BCUT2D eigenvalue weighted by atomic mass is 19.1. The van der Waals surface area contributed by atoms with Crippen molar-refractivity contribution >= 4 is 22.6 Å². The average Bonchev–Trinajstić information content (AvgIpc) is 2.72. The summed E-state index contributed by atoms with van der Waals surface area (Å²) in [6.45, 7) is 0.0315. The van der Waals surface area contributed by atoms with Gasteiger partial charge in [-0.05, 0) is 41.8 Å². The van der Waals surface area contributed by atoms with Gasteiger partial charge in [0.1, 0.15) is 11.6 Å². The van der Waals surface area contributed by atoms with Crippen molar-refractivity contribution in [1.82, 2.24) is 20.3 Å². The SMILES string of the molecule is Nc1cncc(-c2cccc(C(=O)NCc3cc4ccc(F)cc4[nH]c3=O)c2)n1. The van der Waals surface area contributed by atoms with Crippen LogP contribution in [0, 0.1) is 5.82 Å². The molecule has 4 aromatic rings. The number of hydrogen-bond acceptors (Lipinski definition) is 5. The van der Waals surface area contributed by atoms with Gasteiger partial charge in [-0.1, -0.05) is 12.1 Å². The maximum Gasteiger partial charge on any atom is 0.253 e. The van der Waals surface area contributed by atoms with Crippen molar-refractivity contribution in [1.29, 1.82) is 0 Å². The van der Waals surface area contributed by atoms with Crippen LogP contribution in [0.15, 0.2) is 65.7 Å². The highest BCUT2D eigenvalue weighted by Crippen LogP contribution is 2.18. The summed E-state index contributed by atoms with van der Waals surface area (Å²) in [5.74, 6) is -0.492. The van der Waals surface area contributed by atoms with E-state index >= 15 is 0 Å². The minimum atomic E-state index is -0.432. The van der Waals surface area contributed by atoms with Gasteiger partial charge in [0.15, 0.2) is 0 Å². The number of fused-ring (bicyclic) bond motifs is 1. The summed E-state index contributed by atoms with van der Waals surface area (Å²) >= 11 is 0. The van der Waals surface area contributed by atoms with Crippen LogP contribution in [0.3, 0.4) is 0 Å². The molecule has 0 saturated heterocycles. The van der Waals surface area contributed by atoms with Gasteiger partial charge in [-0.3, -0.25) is 14.6 Å². The number of halogens is 1. The van der Waals surface area contributed by atoms with E-state index in [-0.39, 0.29) is 23.8 Å². The Morgan fingerprint density at radius 3 is 2.83 bits per heavy atom. The number of aromatic amines is 1. The van der Waals surface area contributed by atoms with Crippen LogP contribution in [0.5, 0.6) is 0 Å². The number of carbonyl (C=O) groups is 1. The molecule has 0 atom stereocenters. The molecule has 0 aliphatic carbocycles. The third-order valence-electron chi connectivity index (χ3n) is 4.40. The quantitative estimate of drug-likeness (QED) is 0.496. The van der Waals surface area contributed by atoms with Gasteiger partial charge in [-0.15, -0.1) is 0 Å². The number of H-pyrrole nitrogens is 1. The molecule has 2 heterocycles. The van der Waals surface area contributed by atoms with Gasteiger partial charge in [0, 0.05) is 23.2 Å². The number of nitrogens with one attached hydrogen (secondary N) is 2. The number of nitrogens with zero attached hydrogens (tertiary/aromatic N) is 2. The fourth-order valence-corrected chi connectivity index (χ4v) is 2.97. The third-order valence-corrected chi connectivity index (χ3v) is 4.40. The zero-order chi connectivity index (χ0) is 20.4. The lowest BCUT2D eigenvalue weighted by molar-refractivity contribution is 0.0951. The zero-order valence-electron chi connectivity index (χ0n) is 15.1. The fraction of sp³-hybridized carbons (Fsp3) is 0.0476. The van der Waals surface area contributed by atoms with Gasteiger partial charge in [0.2, 0.25) is 0 Å². The van der Waals surface area contributed by atoms with E-state index in [4.69, 9.17) is 5.73 Å². The monoisotopic (exact) mass is 389 g/mol. The molecule has 4 rings (SSSR count). The summed E-state index contributed by atoms with van der Waals surface area (Å²) in [7, 11) is 0. The maximum absolute atomic E-state index is 13.3. The van der Waals surface area contributed by atoms with E-state index in [2.05, 4.69) is 20.3 Å². The van der Waals surface area contributed by atoms with Gasteiger partial charge < -0.3 is 16.0 Å². The number of nitrogens with two attached hydrogens (primary N) is 1. The molecule has 2 aromatic carbocycles. The predicted molar refractivity (Wildman–Crippen MR) is 108 cm³/mol. The Bertz CT molecular complexity index is 1290. The van der Waals surface area contributed by atoms with Crippen molar-refractivity contribution in [2.45, 2.75) is 6.54 Å². The highest BCUT2D eigenvalue weighted by molar-refractivity contribution is 5.95. The van der Waals surface area contributed by atoms with Crippen LogP contribution in [-0.4, -0.2) is 20.9 Å². The first-order valence-electron chi connectivity index (χ1n) is 8.77. The number of rotatable bonds is 4. The van der Waals surface area contributed by atoms with E-state index in [1.165, 1.54) is 18.3 Å². The molecule has 144 valence electrons. The minimum Gasteiger partial charge on any atom is -0.382 e. The van der Waals surface area contributed by atoms with E-state index in [0.717, 1.165) is 0 Å². The van der Waals surface area contributed by atoms with Crippen molar-refractivity contribution in [2.75, 3.05) is 5.73 Å². The van der Waals surface area contributed by atoms with E-state index in [1.807, 2.05) is 0 Å². The second-order valence-electron chi connectivity index (χ2n) is 6.45. The van der Waals surface area contributed by atoms with Crippen molar-refractivity contribution in [3.05, 3.63) is 88.2 Å². The van der Waals surface area contributed by atoms with Crippen LogP contribution in [-0.2, 0) is 6.54 Å². The first-order valence-corrected chi connectivity index (χ1v) is 8.77. The lowest BCUT2D eigenvalue weighted by atomic mass is 10.1. The summed E-state index contributed by atoms with van der Waals surface area (Å²) in [5.41, 5.74) is 7.71. The molecule has 0 aliphatic rings. The van der Waals surface area contributed by atoms with Gasteiger partial charge in [-0.25, -0.2) is 9.37 Å². The number of pyridine rings is 1. The summed E-state index contributed by atoms with van der Waals surface area (Å²) in [6.07, 6.45) is 3.00. The standard InChI is InChI=1S/C21H16FN5O2/c22-16-5-4-13-7-15(21(29)27-17(13)8-16)9-25-20(28)14-3-1-2-12(6-14)18-10-24-11-19(23)26-18/h1-8,10-11H,9H2,(H2,23,26)(H,25,28)(H,27,29). The van der Waals surface area contributed by atoms with Gasteiger partial charge in [-0.2, -0.15) is 0 Å². The Balaban J connectivity index is 1.54. The molecular formula is C21H16FN5O2. The number of carbonyl (C=O) groups excluding carboxylic acids is 1. The summed E-state index contributed by atoms with van der Waals surface area (Å²) in [5, 5.41) is 3.41. The Hall–Kier alpha value is -4.07. The molecule has 0 aliphatic heterocycles. The second kappa shape index (κ2) is 7.51. The van der Waals surface area contributed by atoms with E-state index in [0.29, 0.717) is 33.3 Å². The molecule has 0 fully saturated rings. The molecule has 0 spiro atoms. The van der Waals surface area contributed by atoms with Crippen LogP contribution in [0.1, 0.15) is 15.9 Å². The molecule has 0 saturated carbocycles. The fourth-order valence-electron chi connectivity index (χ4n) is 2.97. The molecule has 1 amide bonds. The van der Waals surface area contributed by atoms with Crippen molar-refractivity contribution in [2.24, 2.45) is 0 Å². The Morgan fingerprint density at radius 2 is 2.00 bits per heavy atom. The minimum absolute atomic E-state index is 0.0315. The maximum atomic E-state index is 13.3. The summed E-state index contributed by atoms with van der Waals surface area (Å²) in [6, 6.07) is 12.6. The number of benzene rings is 2. The molecule has 0 radical (unpaired) electrons.